The van der Waals surface area contributed by atoms with Crippen molar-refractivity contribution in [2.75, 3.05) is 6.73 Å². The van der Waals surface area contributed by atoms with E-state index >= 15 is 0 Å². The Labute approximate surface area is 92.8 Å². The summed E-state index contributed by atoms with van der Waals surface area (Å²) < 4.78 is 5.40. The van der Waals surface area contributed by atoms with Gasteiger partial charge in [0, 0.05) is 6.42 Å². The Bertz CT molecular complexity index is 237. The molecular weight excluding hydrogens is 190 g/mol. The van der Waals surface area contributed by atoms with Gasteiger partial charge in [-0.25, -0.2) is 0 Å². The molecule has 2 aliphatic rings. The Balaban J connectivity index is 0.000000245. The van der Waals surface area contributed by atoms with E-state index in [2.05, 4.69) is 27.7 Å². The molecule has 0 aliphatic carbocycles. The molecule has 0 aromatic heterocycles. The van der Waals surface area contributed by atoms with Crippen molar-refractivity contribution < 1.29 is 9.53 Å². The zero-order valence-electron chi connectivity index (χ0n) is 10.5. The van der Waals surface area contributed by atoms with Gasteiger partial charge in [-0.3, -0.25) is 4.79 Å². The number of nitrogens with zero attached hydrogens (tertiary/aromatic N) is 1. The average Bonchev–Trinajstić information content (AvgIpc) is 2.54. The molecular formula is C12H23NO2. The Morgan fingerprint density at radius 2 is 2.00 bits per heavy atom. The molecule has 2 fully saturated rings. The number of hydrogen-bond donors (Lipinski definition) is 0. The number of rotatable bonds is 0. The molecule has 1 amide bonds. The second-order valence-electron chi connectivity index (χ2n) is 5.35. The zero-order chi connectivity index (χ0) is 11.6. The van der Waals surface area contributed by atoms with Crippen molar-refractivity contribution in [1.82, 2.24) is 4.90 Å². The van der Waals surface area contributed by atoms with Crippen LogP contribution in [0.2, 0.25) is 0 Å². The predicted octanol–water partition coefficient (Wildman–Crippen LogP) is 2.41. The maximum Gasteiger partial charge on any atom is 0.225 e. The molecule has 0 radical (unpaired) electrons. The van der Waals surface area contributed by atoms with Crippen molar-refractivity contribution in [1.29, 1.82) is 0 Å². The molecule has 0 bridgehead atoms. The fourth-order valence-electron chi connectivity index (χ4n) is 1.92. The Kier molecular flexibility index (Phi) is 3.77. The highest BCUT2D eigenvalue weighted by Gasteiger charge is 2.50. The van der Waals surface area contributed by atoms with Crippen LogP contribution in [0, 0.1) is 5.92 Å². The van der Waals surface area contributed by atoms with Gasteiger partial charge in [-0.05, 0) is 26.2 Å². The van der Waals surface area contributed by atoms with Gasteiger partial charge in [-0.2, -0.15) is 0 Å². The van der Waals surface area contributed by atoms with Crippen molar-refractivity contribution >= 4 is 5.91 Å². The topological polar surface area (TPSA) is 29.5 Å². The summed E-state index contributed by atoms with van der Waals surface area (Å²) >= 11 is 0. The average molecular weight is 213 g/mol. The zero-order valence-corrected chi connectivity index (χ0v) is 10.5. The van der Waals surface area contributed by atoms with Crippen LogP contribution in [0.5, 0.6) is 0 Å². The molecule has 2 atom stereocenters. The Morgan fingerprint density at radius 3 is 2.47 bits per heavy atom. The summed E-state index contributed by atoms with van der Waals surface area (Å²) in [5.74, 6) is 1.08. The fraction of sp³-hybridized carbons (Fsp3) is 0.917. The van der Waals surface area contributed by atoms with Crippen LogP contribution in [0.3, 0.4) is 0 Å². The van der Waals surface area contributed by atoms with E-state index in [1.165, 1.54) is 0 Å². The molecule has 0 aromatic carbocycles. The van der Waals surface area contributed by atoms with Gasteiger partial charge in [0.1, 0.15) is 6.73 Å². The normalized spacial score (nSPS) is 34.1. The van der Waals surface area contributed by atoms with Crippen LogP contribution in [0.25, 0.3) is 0 Å². The van der Waals surface area contributed by atoms with Gasteiger partial charge in [-0.1, -0.05) is 20.8 Å². The van der Waals surface area contributed by atoms with Crippen LogP contribution in [0.4, 0.5) is 0 Å². The molecule has 2 saturated heterocycles. The standard InChI is InChI=1S/C8H13NO2.C4H10/c1-6-8(2)4-3-7(10)9(8)5-11-6;1-4(2)3/h6H,3-5H2,1-2H3;4H,1-3H3/t6?,8-;/m0./s1. The first-order chi connectivity index (χ1) is 6.88. The minimum absolute atomic E-state index is 0.00289. The first kappa shape index (κ1) is 12.5. The van der Waals surface area contributed by atoms with Crippen molar-refractivity contribution in [3.63, 3.8) is 0 Å². The van der Waals surface area contributed by atoms with Gasteiger partial charge in [0.25, 0.3) is 0 Å². The quantitative estimate of drug-likeness (QED) is 0.618. The molecule has 2 aliphatic heterocycles. The van der Waals surface area contributed by atoms with Gasteiger partial charge >= 0.3 is 0 Å². The highest BCUT2D eigenvalue weighted by atomic mass is 16.5. The first-order valence-corrected chi connectivity index (χ1v) is 5.80. The third-order valence-corrected chi connectivity index (χ3v) is 3.09. The van der Waals surface area contributed by atoms with E-state index in [0.717, 1.165) is 12.3 Å². The second kappa shape index (κ2) is 4.52. The molecule has 3 heteroatoms. The number of carbonyl (C=O) groups excluding carboxylic acids is 1. The van der Waals surface area contributed by atoms with Gasteiger partial charge in [-0.15, -0.1) is 0 Å². The molecule has 88 valence electrons. The molecule has 3 nitrogen and oxygen atoms in total. The van der Waals surface area contributed by atoms with Gasteiger partial charge in [0.2, 0.25) is 5.91 Å². The summed E-state index contributed by atoms with van der Waals surface area (Å²) in [6.45, 7) is 11.1. The number of fused-ring (bicyclic) bond motifs is 1. The molecule has 2 heterocycles. The fourth-order valence-corrected chi connectivity index (χ4v) is 1.92. The van der Waals surface area contributed by atoms with Crippen LogP contribution in [0.15, 0.2) is 0 Å². The molecule has 0 saturated carbocycles. The third kappa shape index (κ3) is 2.51. The van der Waals surface area contributed by atoms with Crippen LogP contribution in [-0.4, -0.2) is 29.2 Å². The van der Waals surface area contributed by atoms with Crippen molar-refractivity contribution in [2.45, 2.75) is 59.1 Å². The highest BCUT2D eigenvalue weighted by molar-refractivity contribution is 5.80. The van der Waals surface area contributed by atoms with Crippen LogP contribution >= 0.6 is 0 Å². The number of carbonyl (C=O) groups is 1. The Morgan fingerprint density at radius 1 is 1.47 bits per heavy atom. The minimum atomic E-state index is -0.00289. The van der Waals surface area contributed by atoms with Crippen LogP contribution < -0.4 is 0 Å². The lowest BCUT2D eigenvalue weighted by Crippen LogP contribution is -2.43. The molecule has 0 aromatic rings. The molecule has 0 spiro atoms. The van der Waals surface area contributed by atoms with Crippen LogP contribution in [-0.2, 0) is 9.53 Å². The van der Waals surface area contributed by atoms with E-state index in [1.54, 1.807) is 0 Å². The maximum atomic E-state index is 11.3. The minimum Gasteiger partial charge on any atom is -0.356 e. The first-order valence-electron chi connectivity index (χ1n) is 5.80. The van der Waals surface area contributed by atoms with E-state index in [0.29, 0.717) is 13.2 Å². The summed E-state index contributed by atoms with van der Waals surface area (Å²) in [5, 5.41) is 0. The summed E-state index contributed by atoms with van der Waals surface area (Å²) in [7, 11) is 0. The summed E-state index contributed by atoms with van der Waals surface area (Å²) in [6, 6.07) is 0. The number of ether oxygens (including phenoxy) is 1. The monoisotopic (exact) mass is 213 g/mol. The van der Waals surface area contributed by atoms with Crippen molar-refractivity contribution in [3.8, 4) is 0 Å². The van der Waals surface area contributed by atoms with Gasteiger partial charge in [0.05, 0.1) is 11.6 Å². The van der Waals surface area contributed by atoms with Gasteiger partial charge < -0.3 is 9.64 Å². The molecule has 2 rings (SSSR count). The molecule has 0 N–H and O–H groups in total. The summed E-state index contributed by atoms with van der Waals surface area (Å²) in [6.07, 6.45) is 1.85. The predicted molar refractivity (Wildman–Crippen MR) is 60.4 cm³/mol. The van der Waals surface area contributed by atoms with E-state index < -0.39 is 0 Å². The summed E-state index contributed by atoms with van der Waals surface area (Å²) in [5.41, 5.74) is -0.00289. The number of hydrogen-bond acceptors (Lipinski definition) is 2. The smallest absolute Gasteiger partial charge is 0.225 e. The maximum absolute atomic E-state index is 11.3. The third-order valence-electron chi connectivity index (χ3n) is 3.09. The largest absolute Gasteiger partial charge is 0.356 e. The summed E-state index contributed by atoms with van der Waals surface area (Å²) in [4.78, 5) is 13.1. The van der Waals surface area contributed by atoms with E-state index in [9.17, 15) is 4.79 Å². The van der Waals surface area contributed by atoms with E-state index in [-0.39, 0.29) is 17.6 Å². The van der Waals surface area contributed by atoms with Crippen molar-refractivity contribution in [3.05, 3.63) is 0 Å². The highest BCUT2D eigenvalue weighted by Crippen LogP contribution is 2.38. The SMILES string of the molecule is CC(C)C.CC1OCN2C(=O)CC[C@@]12C. The van der Waals surface area contributed by atoms with Gasteiger partial charge in [0.15, 0.2) is 0 Å². The molecule has 15 heavy (non-hydrogen) atoms. The lowest BCUT2D eigenvalue weighted by atomic mass is 9.94. The lowest BCUT2D eigenvalue weighted by molar-refractivity contribution is -0.130. The number of amides is 1. The second-order valence-corrected chi connectivity index (χ2v) is 5.35. The van der Waals surface area contributed by atoms with Crippen LogP contribution in [0.1, 0.15) is 47.5 Å². The van der Waals surface area contributed by atoms with E-state index in [1.807, 2.05) is 11.8 Å². The lowest BCUT2D eigenvalue weighted by Gasteiger charge is -2.28. The van der Waals surface area contributed by atoms with Crippen molar-refractivity contribution in [2.24, 2.45) is 5.92 Å². The van der Waals surface area contributed by atoms with E-state index in [4.69, 9.17) is 4.74 Å². The molecule has 1 unspecified atom stereocenters. The Hall–Kier alpha value is -0.570.